The number of likely N-dealkylation sites (tertiary alicyclic amines) is 1. The molecule has 1 aromatic carbocycles. The molecule has 2 aromatic heterocycles. The van der Waals surface area contributed by atoms with Crippen LogP contribution in [0.1, 0.15) is 30.1 Å². The highest BCUT2D eigenvalue weighted by atomic mass is 19.4. The van der Waals surface area contributed by atoms with E-state index in [2.05, 4.69) is 9.97 Å². The Morgan fingerprint density at radius 1 is 1.09 bits per heavy atom. The van der Waals surface area contributed by atoms with Gasteiger partial charge in [-0.05, 0) is 31.0 Å². The first-order valence-corrected chi connectivity index (χ1v) is 9.74. The average molecular weight is 450 g/mol. The maximum absolute atomic E-state index is 13.8. The molecule has 32 heavy (non-hydrogen) atoms. The van der Waals surface area contributed by atoms with Crippen molar-refractivity contribution in [2.45, 2.75) is 24.9 Å². The second-order valence-corrected chi connectivity index (χ2v) is 7.47. The SMILES string of the molecule is O=C(O)N1CCC(c2nc(-c3cccc(C(F)(F)F)c3)c(-c3ccnc(F)c3)n2O)CC1. The van der Waals surface area contributed by atoms with Crippen molar-refractivity contribution < 1.29 is 32.7 Å². The number of nitrogens with zero attached hydrogens (tertiary/aromatic N) is 4. The van der Waals surface area contributed by atoms with E-state index in [4.69, 9.17) is 5.11 Å². The molecule has 0 spiro atoms. The topological polar surface area (TPSA) is 91.5 Å². The van der Waals surface area contributed by atoms with Gasteiger partial charge in [-0.15, -0.1) is 0 Å². The summed E-state index contributed by atoms with van der Waals surface area (Å²) in [5, 5.41) is 20.1. The van der Waals surface area contributed by atoms with Crippen molar-refractivity contribution >= 4 is 6.09 Å². The summed E-state index contributed by atoms with van der Waals surface area (Å²) in [5.41, 5.74) is -0.509. The zero-order valence-electron chi connectivity index (χ0n) is 16.6. The molecule has 3 heterocycles. The van der Waals surface area contributed by atoms with Gasteiger partial charge in [-0.1, -0.05) is 12.1 Å². The molecule has 11 heteroatoms. The molecule has 0 unspecified atom stereocenters. The van der Waals surface area contributed by atoms with Gasteiger partial charge in [0, 0.05) is 42.4 Å². The molecule has 0 atom stereocenters. The summed E-state index contributed by atoms with van der Waals surface area (Å²) in [6, 6.07) is 6.97. The van der Waals surface area contributed by atoms with Crippen LogP contribution in [0.25, 0.3) is 22.5 Å². The van der Waals surface area contributed by atoms with Crippen molar-refractivity contribution in [2.75, 3.05) is 13.1 Å². The van der Waals surface area contributed by atoms with Gasteiger partial charge >= 0.3 is 12.3 Å². The lowest BCUT2D eigenvalue weighted by Crippen LogP contribution is -2.37. The number of piperidine rings is 1. The van der Waals surface area contributed by atoms with Crippen molar-refractivity contribution in [3.05, 3.63) is 59.9 Å². The van der Waals surface area contributed by atoms with Gasteiger partial charge in [0.25, 0.3) is 0 Å². The number of amides is 1. The highest BCUT2D eigenvalue weighted by Crippen LogP contribution is 2.38. The van der Waals surface area contributed by atoms with Gasteiger partial charge in [0.05, 0.1) is 5.56 Å². The Morgan fingerprint density at radius 3 is 2.44 bits per heavy atom. The van der Waals surface area contributed by atoms with Gasteiger partial charge in [0.2, 0.25) is 5.95 Å². The van der Waals surface area contributed by atoms with Crippen molar-refractivity contribution in [3.8, 4) is 22.5 Å². The highest BCUT2D eigenvalue weighted by Gasteiger charge is 2.33. The molecule has 3 aromatic rings. The number of pyridine rings is 1. The summed E-state index contributed by atoms with van der Waals surface area (Å²) in [5.74, 6) is -0.981. The molecule has 0 radical (unpaired) electrons. The number of carbonyl (C=O) groups is 1. The lowest BCUT2D eigenvalue weighted by Gasteiger charge is -2.29. The molecule has 0 bridgehead atoms. The Labute approximate surface area is 179 Å². The normalized spacial score (nSPS) is 15.2. The Kier molecular flexibility index (Phi) is 5.49. The standard InChI is InChI=1S/C21H18F4N4O3/c22-16-11-14(4-7-26-16)18-17(13-2-1-3-15(10-13)21(23,24)25)27-19(29(18)32)12-5-8-28(9-6-12)20(30)31/h1-4,7,10-12,32H,5-6,8-9H2,(H,30,31). The van der Waals surface area contributed by atoms with Crippen LogP contribution in [0.15, 0.2) is 42.6 Å². The van der Waals surface area contributed by atoms with E-state index < -0.39 is 23.8 Å². The van der Waals surface area contributed by atoms with E-state index in [1.165, 1.54) is 29.3 Å². The molecule has 1 aliphatic heterocycles. The van der Waals surface area contributed by atoms with Crippen molar-refractivity contribution in [1.82, 2.24) is 19.6 Å². The molecular formula is C21H18F4N4O3. The maximum Gasteiger partial charge on any atom is 0.416 e. The van der Waals surface area contributed by atoms with E-state index in [-0.39, 0.29) is 47.3 Å². The van der Waals surface area contributed by atoms with Crippen LogP contribution in [-0.4, -0.2) is 49.1 Å². The number of carboxylic acid groups (broad SMARTS) is 1. The van der Waals surface area contributed by atoms with E-state index in [0.29, 0.717) is 12.8 Å². The van der Waals surface area contributed by atoms with Crippen molar-refractivity contribution in [2.24, 2.45) is 0 Å². The minimum atomic E-state index is -4.58. The average Bonchev–Trinajstić information content (AvgIpc) is 3.10. The Balaban J connectivity index is 1.82. The number of hydrogen-bond donors (Lipinski definition) is 2. The van der Waals surface area contributed by atoms with Crippen LogP contribution in [0.3, 0.4) is 0 Å². The molecule has 7 nitrogen and oxygen atoms in total. The molecule has 168 valence electrons. The molecule has 1 saturated heterocycles. The molecule has 0 saturated carbocycles. The van der Waals surface area contributed by atoms with E-state index in [1.54, 1.807) is 0 Å². The number of aromatic nitrogens is 3. The number of rotatable bonds is 3. The third kappa shape index (κ3) is 4.10. The fourth-order valence-corrected chi connectivity index (χ4v) is 3.88. The van der Waals surface area contributed by atoms with E-state index in [1.807, 2.05) is 0 Å². The second-order valence-electron chi connectivity index (χ2n) is 7.47. The van der Waals surface area contributed by atoms with Gasteiger partial charge < -0.3 is 15.2 Å². The quantitative estimate of drug-likeness (QED) is 0.338. The van der Waals surface area contributed by atoms with Crippen LogP contribution >= 0.6 is 0 Å². The third-order valence-electron chi connectivity index (χ3n) is 5.47. The Morgan fingerprint density at radius 2 is 1.81 bits per heavy atom. The first kappa shape index (κ1) is 21.6. The lowest BCUT2D eigenvalue weighted by atomic mass is 9.96. The summed E-state index contributed by atoms with van der Waals surface area (Å²) >= 11 is 0. The van der Waals surface area contributed by atoms with E-state index in [9.17, 15) is 27.6 Å². The number of benzene rings is 1. The van der Waals surface area contributed by atoms with Crippen molar-refractivity contribution in [3.63, 3.8) is 0 Å². The summed E-state index contributed by atoms with van der Waals surface area (Å²) < 4.78 is 54.3. The van der Waals surface area contributed by atoms with Crippen LogP contribution in [0.2, 0.25) is 0 Å². The van der Waals surface area contributed by atoms with Crippen LogP contribution in [0.5, 0.6) is 0 Å². The van der Waals surface area contributed by atoms with Crippen molar-refractivity contribution in [1.29, 1.82) is 0 Å². The minimum absolute atomic E-state index is 0.0290. The maximum atomic E-state index is 13.8. The predicted molar refractivity (Wildman–Crippen MR) is 105 cm³/mol. The second kappa shape index (κ2) is 8.13. The fourth-order valence-electron chi connectivity index (χ4n) is 3.88. The molecule has 4 rings (SSSR count). The lowest BCUT2D eigenvalue weighted by molar-refractivity contribution is -0.137. The smallest absolute Gasteiger partial charge is 0.416 e. The van der Waals surface area contributed by atoms with E-state index in [0.717, 1.165) is 22.9 Å². The fraction of sp³-hybridized carbons (Fsp3) is 0.286. The molecule has 1 amide bonds. The number of imidazole rings is 1. The number of halogens is 4. The van der Waals surface area contributed by atoms with Crippen LogP contribution in [-0.2, 0) is 6.18 Å². The molecule has 2 N–H and O–H groups in total. The molecule has 1 fully saturated rings. The van der Waals surface area contributed by atoms with Gasteiger partial charge in [0.15, 0.2) is 0 Å². The zero-order valence-corrected chi connectivity index (χ0v) is 16.6. The number of hydrogen-bond acceptors (Lipinski definition) is 4. The first-order valence-electron chi connectivity index (χ1n) is 9.74. The molecule has 1 aliphatic rings. The zero-order chi connectivity index (χ0) is 23.0. The molecule has 0 aliphatic carbocycles. The largest absolute Gasteiger partial charge is 0.465 e. The summed E-state index contributed by atoms with van der Waals surface area (Å²) in [6.07, 6.45) is -3.70. The minimum Gasteiger partial charge on any atom is -0.465 e. The highest BCUT2D eigenvalue weighted by molar-refractivity contribution is 5.79. The van der Waals surface area contributed by atoms with Crippen LogP contribution in [0.4, 0.5) is 22.4 Å². The van der Waals surface area contributed by atoms with Crippen LogP contribution < -0.4 is 0 Å². The summed E-state index contributed by atoms with van der Waals surface area (Å²) in [6.45, 7) is 0.454. The van der Waals surface area contributed by atoms with Gasteiger partial charge in [-0.3, -0.25) is 0 Å². The molecular weight excluding hydrogens is 432 g/mol. The van der Waals surface area contributed by atoms with E-state index >= 15 is 0 Å². The number of alkyl halides is 3. The van der Waals surface area contributed by atoms with Gasteiger partial charge in [-0.2, -0.15) is 22.3 Å². The monoisotopic (exact) mass is 450 g/mol. The summed E-state index contributed by atoms with van der Waals surface area (Å²) in [4.78, 5) is 20.3. The summed E-state index contributed by atoms with van der Waals surface area (Å²) in [7, 11) is 0. The van der Waals surface area contributed by atoms with Gasteiger partial charge in [0.1, 0.15) is 17.2 Å². The van der Waals surface area contributed by atoms with Gasteiger partial charge in [-0.25, -0.2) is 14.8 Å². The first-order chi connectivity index (χ1) is 15.1. The Bertz CT molecular complexity index is 1150. The van der Waals surface area contributed by atoms with Crippen LogP contribution in [0, 0.1) is 5.95 Å². The predicted octanol–water partition coefficient (Wildman–Crippen LogP) is 4.86. The Hall–Kier alpha value is -3.63. The third-order valence-corrected chi connectivity index (χ3v) is 5.47.